The average Bonchev–Trinajstić information content (AvgIpc) is 2.17. The summed E-state index contributed by atoms with van der Waals surface area (Å²) in [6.07, 6.45) is 7.29. The number of nitrogens with zero attached hydrogens (tertiary/aromatic N) is 1. The van der Waals surface area contributed by atoms with Gasteiger partial charge >= 0.3 is 0 Å². The predicted molar refractivity (Wildman–Crippen MR) is 63.4 cm³/mol. The van der Waals surface area contributed by atoms with E-state index in [0.717, 1.165) is 10.9 Å². The van der Waals surface area contributed by atoms with Gasteiger partial charge in [-0.25, -0.2) is 0 Å². The van der Waals surface area contributed by atoms with Crippen molar-refractivity contribution in [3.05, 3.63) is 28.5 Å². The topological polar surface area (TPSA) is 24.9 Å². The summed E-state index contributed by atoms with van der Waals surface area (Å²) >= 11 is 3.42. The van der Waals surface area contributed by atoms with Gasteiger partial charge in [-0.3, -0.25) is 4.98 Å². The van der Waals surface area contributed by atoms with Crippen LogP contribution in [-0.2, 0) is 6.42 Å². The maximum Gasteiger partial charge on any atom is 0.0410 e. The van der Waals surface area contributed by atoms with E-state index in [9.17, 15) is 0 Å². The molecule has 1 rings (SSSR count). The first-order valence-electron chi connectivity index (χ1n) is 4.99. The van der Waals surface area contributed by atoms with Crippen LogP contribution in [0.1, 0.15) is 25.3 Å². The summed E-state index contributed by atoms with van der Waals surface area (Å²) in [6.45, 7) is 2.21. The van der Waals surface area contributed by atoms with E-state index < -0.39 is 0 Å². The van der Waals surface area contributed by atoms with Gasteiger partial charge in [-0.15, -0.1) is 0 Å². The zero-order chi connectivity index (χ0) is 10.4. The van der Waals surface area contributed by atoms with Crippen molar-refractivity contribution < 1.29 is 0 Å². The molecular formula is C11H17BrN2. The number of nitrogens with one attached hydrogen (secondary N) is 1. The van der Waals surface area contributed by atoms with Gasteiger partial charge in [0, 0.05) is 22.9 Å². The van der Waals surface area contributed by atoms with Crippen molar-refractivity contribution >= 4 is 15.9 Å². The molecule has 1 aromatic rings. The van der Waals surface area contributed by atoms with Gasteiger partial charge in [0.05, 0.1) is 0 Å². The number of pyridine rings is 1. The van der Waals surface area contributed by atoms with Crippen LogP contribution in [0.25, 0.3) is 0 Å². The number of halogens is 1. The smallest absolute Gasteiger partial charge is 0.0410 e. The lowest BCUT2D eigenvalue weighted by Gasteiger charge is -2.09. The fourth-order valence-corrected chi connectivity index (χ4v) is 1.76. The van der Waals surface area contributed by atoms with E-state index >= 15 is 0 Å². The van der Waals surface area contributed by atoms with Gasteiger partial charge in [-0.05, 0) is 60.8 Å². The van der Waals surface area contributed by atoms with Crippen molar-refractivity contribution in [1.82, 2.24) is 10.3 Å². The van der Waals surface area contributed by atoms with Gasteiger partial charge in [-0.1, -0.05) is 0 Å². The summed E-state index contributed by atoms with van der Waals surface area (Å²) in [5.41, 5.74) is 1.31. The Bertz CT molecular complexity index is 276. The minimum absolute atomic E-state index is 0.607. The summed E-state index contributed by atoms with van der Waals surface area (Å²) in [5.74, 6) is 0. The molecule has 0 aliphatic rings. The molecule has 2 nitrogen and oxygen atoms in total. The molecule has 0 saturated carbocycles. The number of aromatic nitrogens is 1. The molecule has 1 heterocycles. The maximum absolute atomic E-state index is 4.14. The molecule has 14 heavy (non-hydrogen) atoms. The van der Waals surface area contributed by atoms with Crippen LogP contribution in [0.5, 0.6) is 0 Å². The van der Waals surface area contributed by atoms with E-state index in [2.05, 4.69) is 39.2 Å². The van der Waals surface area contributed by atoms with Crippen LogP contribution in [0.4, 0.5) is 0 Å². The molecule has 0 spiro atoms. The molecule has 0 aliphatic carbocycles. The molecular weight excluding hydrogens is 240 g/mol. The highest BCUT2D eigenvalue weighted by atomic mass is 79.9. The predicted octanol–water partition coefficient (Wildman–Crippen LogP) is 2.77. The average molecular weight is 257 g/mol. The standard InChI is InChI=1S/C11H17BrN2/c1-9(13-2)4-3-5-10-6-11(12)8-14-7-10/h6-9,13H,3-5H2,1-2H3. The van der Waals surface area contributed by atoms with Crippen LogP contribution >= 0.6 is 15.9 Å². The molecule has 1 aromatic heterocycles. The monoisotopic (exact) mass is 256 g/mol. The third-order valence-corrected chi connectivity index (χ3v) is 2.79. The molecule has 0 fully saturated rings. The number of rotatable bonds is 5. The second-order valence-corrected chi connectivity index (χ2v) is 4.51. The third kappa shape index (κ3) is 4.20. The van der Waals surface area contributed by atoms with E-state index in [0.29, 0.717) is 6.04 Å². The van der Waals surface area contributed by atoms with E-state index in [1.165, 1.54) is 18.4 Å². The minimum atomic E-state index is 0.607. The first-order chi connectivity index (χ1) is 6.72. The van der Waals surface area contributed by atoms with Gasteiger partial charge < -0.3 is 5.32 Å². The molecule has 1 N–H and O–H groups in total. The van der Waals surface area contributed by atoms with Gasteiger partial charge in [0.2, 0.25) is 0 Å². The zero-order valence-electron chi connectivity index (χ0n) is 8.76. The Morgan fingerprint density at radius 2 is 2.29 bits per heavy atom. The molecule has 0 aliphatic heterocycles. The third-order valence-electron chi connectivity index (χ3n) is 2.36. The van der Waals surface area contributed by atoms with E-state index in [1.54, 1.807) is 0 Å². The molecule has 0 aromatic carbocycles. The lowest BCUT2D eigenvalue weighted by atomic mass is 10.1. The molecule has 0 bridgehead atoms. The number of hydrogen-bond acceptors (Lipinski definition) is 2. The Morgan fingerprint density at radius 3 is 2.93 bits per heavy atom. The highest BCUT2D eigenvalue weighted by molar-refractivity contribution is 9.10. The Hall–Kier alpha value is -0.410. The van der Waals surface area contributed by atoms with Gasteiger partial charge in [0.25, 0.3) is 0 Å². The van der Waals surface area contributed by atoms with Crippen molar-refractivity contribution in [2.24, 2.45) is 0 Å². The summed E-state index contributed by atoms with van der Waals surface area (Å²) < 4.78 is 1.07. The number of hydrogen-bond donors (Lipinski definition) is 1. The second kappa shape index (κ2) is 6.14. The second-order valence-electron chi connectivity index (χ2n) is 3.59. The fraction of sp³-hybridized carbons (Fsp3) is 0.545. The Kier molecular flexibility index (Phi) is 5.12. The summed E-state index contributed by atoms with van der Waals surface area (Å²) in [5, 5.41) is 3.24. The Labute approximate surface area is 94.3 Å². The molecule has 1 atom stereocenters. The number of aryl methyl sites for hydroxylation is 1. The lowest BCUT2D eigenvalue weighted by molar-refractivity contribution is 0.541. The maximum atomic E-state index is 4.14. The first-order valence-corrected chi connectivity index (χ1v) is 5.78. The SMILES string of the molecule is CNC(C)CCCc1cncc(Br)c1. The highest BCUT2D eigenvalue weighted by Crippen LogP contribution is 2.12. The quantitative estimate of drug-likeness (QED) is 0.877. The van der Waals surface area contributed by atoms with Crippen LogP contribution < -0.4 is 5.32 Å². The molecule has 0 amide bonds. The fourth-order valence-electron chi connectivity index (χ4n) is 1.35. The summed E-state index contributed by atoms with van der Waals surface area (Å²) in [4.78, 5) is 4.14. The first kappa shape index (κ1) is 11.7. The normalized spacial score (nSPS) is 12.8. The summed E-state index contributed by atoms with van der Waals surface area (Å²) in [6, 6.07) is 2.74. The zero-order valence-corrected chi connectivity index (χ0v) is 10.3. The van der Waals surface area contributed by atoms with Gasteiger partial charge in [-0.2, -0.15) is 0 Å². The van der Waals surface area contributed by atoms with E-state index in [-0.39, 0.29) is 0 Å². The minimum Gasteiger partial charge on any atom is -0.317 e. The van der Waals surface area contributed by atoms with Crippen molar-refractivity contribution in [3.63, 3.8) is 0 Å². The van der Waals surface area contributed by atoms with Crippen molar-refractivity contribution in [2.45, 2.75) is 32.2 Å². The molecule has 3 heteroatoms. The van der Waals surface area contributed by atoms with Crippen LogP contribution in [-0.4, -0.2) is 18.1 Å². The van der Waals surface area contributed by atoms with Crippen LogP contribution in [0.2, 0.25) is 0 Å². The molecule has 0 saturated heterocycles. The van der Waals surface area contributed by atoms with E-state index in [1.807, 2.05) is 19.4 Å². The molecule has 0 radical (unpaired) electrons. The van der Waals surface area contributed by atoms with Crippen LogP contribution in [0, 0.1) is 0 Å². The van der Waals surface area contributed by atoms with E-state index in [4.69, 9.17) is 0 Å². The van der Waals surface area contributed by atoms with Crippen molar-refractivity contribution in [1.29, 1.82) is 0 Å². The van der Waals surface area contributed by atoms with Crippen molar-refractivity contribution in [3.8, 4) is 0 Å². The molecule has 1 unspecified atom stereocenters. The highest BCUT2D eigenvalue weighted by Gasteiger charge is 1.99. The Morgan fingerprint density at radius 1 is 1.50 bits per heavy atom. The largest absolute Gasteiger partial charge is 0.317 e. The molecule has 78 valence electrons. The Balaban J connectivity index is 2.31. The van der Waals surface area contributed by atoms with Gasteiger partial charge in [0.1, 0.15) is 0 Å². The van der Waals surface area contributed by atoms with Crippen LogP contribution in [0.3, 0.4) is 0 Å². The van der Waals surface area contributed by atoms with Crippen LogP contribution in [0.15, 0.2) is 22.9 Å². The van der Waals surface area contributed by atoms with Gasteiger partial charge in [0.15, 0.2) is 0 Å². The lowest BCUT2D eigenvalue weighted by Crippen LogP contribution is -2.20. The summed E-state index contributed by atoms with van der Waals surface area (Å²) in [7, 11) is 2.01. The van der Waals surface area contributed by atoms with Crippen molar-refractivity contribution in [2.75, 3.05) is 7.05 Å².